The topological polar surface area (TPSA) is 60.2 Å². The average molecular weight is 239 g/mol. The summed E-state index contributed by atoms with van der Waals surface area (Å²) in [5.41, 5.74) is -0.318. The highest BCUT2D eigenvalue weighted by molar-refractivity contribution is 5.20. The molecule has 0 radical (unpaired) electrons. The molecule has 0 spiro atoms. The van der Waals surface area contributed by atoms with Gasteiger partial charge in [-0.15, -0.1) is 0 Å². The minimum atomic E-state index is -0.318. The van der Waals surface area contributed by atoms with E-state index < -0.39 is 0 Å². The number of rotatable bonds is 5. The van der Waals surface area contributed by atoms with Crippen molar-refractivity contribution in [3.05, 3.63) is 5.82 Å². The zero-order valence-corrected chi connectivity index (χ0v) is 10.8. The van der Waals surface area contributed by atoms with Crippen molar-refractivity contribution in [2.24, 2.45) is 5.92 Å². The molecule has 0 amide bonds. The van der Waals surface area contributed by atoms with E-state index in [2.05, 4.69) is 29.3 Å². The van der Waals surface area contributed by atoms with Crippen molar-refractivity contribution >= 4 is 6.01 Å². The molecule has 1 fully saturated rings. The van der Waals surface area contributed by atoms with E-state index in [1.807, 2.05) is 0 Å². The summed E-state index contributed by atoms with van der Waals surface area (Å²) in [5, 5.41) is 7.18. The maximum absolute atomic E-state index is 5.61. The second-order valence-corrected chi connectivity index (χ2v) is 5.10. The lowest BCUT2D eigenvalue weighted by molar-refractivity contribution is -0.0178. The summed E-state index contributed by atoms with van der Waals surface area (Å²) in [6, 6.07) is 0.497. The molecule has 1 aliphatic carbocycles. The van der Waals surface area contributed by atoms with Gasteiger partial charge < -0.3 is 14.6 Å². The van der Waals surface area contributed by atoms with E-state index in [1.54, 1.807) is 7.11 Å². The molecule has 0 unspecified atom stereocenters. The van der Waals surface area contributed by atoms with E-state index in [0.29, 0.717) is 17.8 Å². The predicted octanol–water partition coefficient (Wildman–Crippen LogP) is 2.55. The Morgan fingerprint density at radius 1 is 1.41 bits per heavy atom. The quantitative estimate of drug-likeness (QED) is 0.855. The lowest BCUT2D eigenvalue weighted by Gasteiger charge is -2.22. The molecule has 1 saturated carbocycles. The van der Waals surface area contributed by atoms with Crippen LogP contribution in [0.25, 0.3) is 0 Å². The maximum Gasteiger partial charge on any atom is 0.321 e. The molecule has 1 aromatic heterocycles. The Bertz CT molecular complexity index is 356. The van der Waals surface area contributed by atoms with Crippen LogP contribution in [0.3, 0.4) is 0 Å². The smallest absolute Gasteiger partial charge is 0.321 e. The molecule has 17 heavy (non-hydrogen) atoms. The Balaban J connectivity index is 2.06. The van der Waals surface area contributed by atoms with Gasteiger partial charge in [0.1, 0.15) is 5.60 Å². The Morgan fingerprint density at radius 2 is 2.12 bits per heavy atom. The van der Waals surface area contributed by atoms with Crippen LogP contribution in [-0.4, -0.2) is 23.8 Å². The summed E-state index contributed by atoms with van der Waals surface area (Å²) >= 11 is 0. The molecule has 0 aromatic carbocycles. The largest absolute Gasteiger partial charge is 0.370 e. The standard InChI is InChI=1S/C12H21N3O2/c1-9(2)8-13-11-14-10(15-17-11)12(16-3)6-4-5-7-12/h9H,4-8H2,1-3H3,(H,13,14,15). The number of aromatic nitrogens is 2. The number of nitrogens with one attached hydrogen (secondary N) is 1. The van der Waals surface area contributed by atoms with Gasteiger partial charge >= 0.3 is 6.01 Å². The second-order valence-electron chi connectivity index (χ2n) is 5.10. The molecule has 1 heterocycles. The van der Waals surface area contributed by atoms with Crippen LogP contribution in [-0.2, 0) is 10.3 Å². The van der Waals surface area contributed by atoms with Crippen molar-refractivity contribution in [1.82, 2.24) is 10.1 Å². The van der Waals surface area contributed by atoms with Gasteiger partial charge in [0.05, 0.1) is 0 Å². The van der Waals surface area contributed by atoms with E-state index in [1.165, 1.54) is 0 Å². The van der Waals surface area contributed by atoms with Gasteiger partial charge in [0.15, 0.2) is 0 Å². The first-order valence-electron chi connectivity index (χ1n) is 6.29. The first-order chi connectivity index (χ1) is 8.16. The third-order valence-corrected chi connectivity index (χ3v) is 3.30. The molecule has 5 heteroatoms. The van der Waals surface area contributed by atoms with Gasteiger partial charge in [-0.3, -0.25) is 0 Å². The zero-order valence-electron chi connectivity index (χ0n) is 10.8. The summed E-state index contributed by atoms with van der Waals surface area (Å²) in [5.74, 6) is 1.23. The van der Waals surface area contributed by atoms with E-state index in [9.17, 15) is 0 Å². The number of hydrogen-bond acceptors (Lipinski definition) is 5. The van der Waals surface area contributed by atoms with E-state index in [4.69, 9.17) is 9.26 Å². The monoisotopic (exact) mass is 239 g/mol. The third kappa shape index (κ3) is 2.60. The van der Waals surface area contributed by atoms with Crippen molar-refractivity contribution < 1.29 is 9.26 Å². The molecule has 0 aliphatic heterocycles. The Kier molecular flexibility index (Phi) is 3.66. The predicted molar refractivity (Wildman–Crippen MR) is 64.8 cm³/mol. The highest BCUT2D eigenvalue weighted by Gasteiger charge is 2.40. The van der Waals surface area contributed by atoms with Gasteiger partial charge in [-0.1, -0.05) is 19.0 Å². The Hall–Kier alpha value is -1.10. The van der Waals surface area contributed by atoms with Crippen LogP contribution in [0.15, 0.2) is 4.52 Å². The zero-order chi connectivity index (χ0) is 12.3. The highest BCUT2D eigenvalue weighted by Crippen LogP contribution is 2.40. The van der Waals surface area contributed by atoms with Crippen molar-refractivity contribution in [3.8, 4) is 0 Å². The van der Waals surface area contributed by atoms with Gasteiger partial charge in [-0.05, 0) is 31.6 Å². The summed E-state index contributed by atoms with van der Waals surface area (Å²) in [6.07, 6.45) is 4.29. The molecule has 0 bridgehead atoms. The van der Waals surface area contributed by atoms with Crippen LogP contribution in [0, 0.1) is 5.92 Å². The third-order valence-electron chi connectivity index (χ3n) is 3.30. The van der Waals surface area contributed by atoms with Crippen LogP contribution < -0.4 is 5.32 Å². The molecule has 0 atom stereocenters. The van der Waals surface area contributed by atoms with Gasteiger partial charge in [0, 0.05) is 13.7 Å². The lowest BCUT2D eigenvalue weighted by Crippen LogP contribution is -2.26. The molecule has 0 saturated heterocycles. The van der Waals surface area contributed by atoms with Crippen LogP contribution in [0.1, 0.15) is 45.4 Å². The number of methoxy groups -OCH3 is 1. The van der Waals surface area contributed by atoms with Crippen molar-refractivity contribution in [1.29, 1.82) is 0 Å². The van der Waals surface area contributed by atoms with Crippen LogP contribution in [0.2, 0.25) is 0 Å². The van der Waals surface area contributed by atoms with Gasteiger partial charge in [0.2, 0.25) is 5.82 Å². The molecule has 96 valence electrons. The molecule has 5 nitrogen and oxygen atoms in total. The number of hydrogen-bond donors (Lipinski definition) is 1. The van der Waals surface area contributed by atoms with Gasteiger partial charge in [-0.2, -0.15) is 4.98 Å². The fraction of sp³-hybridized carbons (Fsp3) is 0.833. The van der Waals surface area contributed by atoms with Crippen LogP contribution in [0.5, 0.6) is 0 Å². The molecular formula is C12H21N3O2. The minimum Gasteiger partial charge on any atom is -0.370 e. The highest BCUT2D eigenvalue weighted by atomic mass is 16.5. The average Bonchev–Trinajstić information content (AvgIpc) is 2.96. The number of ether oxygens (including phenoxy) is 1. The Labute approximate surface area is 102 Å². The van der Waals surface area contributed by atoms with Gasteiger partial charge in [-0.25, -0.2) is 0 Å². The first-order valence-corrected chi connectivity index (χ1v) is 6.29. The normalized spacial score (nSPS) is 18.8. The number of anilines is 1. The van der Waals surface area contributed by atoms with E-state index >= 15 is 0 Å². The van der Waals surface area contributed by atoms with Crippen molar-refractivity contribution in [3.63, 3.8) is 0 Å². The van der Waals surface area contributed by atoms with Crippen LogP contribution in [0.4, 0.5) is 6.01 Å². The summed E-state index contributed by atoms with van der Waals surface area (Å²) in [7, 11) is 1.73. The first kappa shape index (κ1) is 12.4. The molecule has 1 aromatic rings. The summed E-state index contributed by atoms with van der Waals surface area (Å²) in [4.78, 5) is 4.39. The van der Waals surface area contributed by atoms with Gasteiger partial charge in [0.25, 0.3) is 0 Å². The molecule has 1 aliphatic rings. The molecule has 2 rings (SSSR count). The minimum absolute atomic E-state index is 0.318. The van der Waals surface area contributed by atoms with Crippen LogP contribution >= 0.6 is 0 Å². The number of nitrogens with zero attached hydrogens (tertiary/aromatic N) is 2. The second kappa shape index (κ2) is 5.04. The summed E-state index contributed by atoms with van der Waals surface area (Å²) < 4.78 is 10.8. The van der Waals surface area contributed by atoms with E-state index in [0.717, 1.165) is 32.2 Å². The summed E-state index contributed by atoms with van der Waals surface area (Å²) in [6.45, 7) is 5.11. The van der Waals surface area contributed by atoms with Crippen molar-refractivity contribution in [2.45, 2.75) is 45.1 Å². The maximum atomic E-state index is 5.61. The fourth-order valence-electron chi connectivity index (χ4n) is 2.24. The molecule has 1 N–H and O–H groups in total. The Morgan fingerprint density at radius 3 is 2.71 bits per heavy atom. The SMILES string of the molecule is COC1(c2noc(NCC(C)C)n2)CCCC1. The lowest BCUT2D eigenvalue weighted by atomic mass is 10.0. The van der Waals surface area contributed by atoms with E-state index in [-0.39, 0.29) is 5.60 Å². The molecular weight excluding hydrogens is 218 g/mol. The van der Waals surface area contributed by atoms with Crippen molar-refractivity contribution in [2.75, 3.05) is 19.0 Å². The fourth-order valence-corrected chi connectivity index (χ4v) is 2.24.